The topological polar surface area (TPSA) is 67.4 Å². The van der Waals surface area contributed by atoms with Crippen LogP contribution in [0.25, 0.3) is 0 Å². The lowest BCUT2D eigenvalue weighted by molar-refractivity contribution is -0.120. The van der Waals surface area contributed by atoms with E-state index in [1.54, 1.807) is 43.5 Å². The summed E-state index contributed by atoms with van der Waals surface area (Å²) >= 11 is 0. The fourth-order valence-electron chi connectivity index (χ4n) is 3.04. The van der Waals surface area contributed by atoms with Crippen molar-refractivity contribution in [3.05, 3.63) is 101 Å². The van der Waals surface area contributed by atoms with Gasteiger partial charge in [-0.3, -0.25) is 9.59 Å². The zero-order valence-electron chi connectivity index (χ0n) is 16.6. The number of carbonyl (C=O) groups is 2. The predicted octanol–water partition coefficient (Wildman–Crippen LogP) is 3.66. The van der Waals surface area contributed by atoms with E-state index in [9.17, 15) is 14.0 Å². The second-order valence-corrected chi connectivity index (χ2v) is 6.77. The van der Waals surface area contributed by atoms with Crippen molar-refractivity contribution in [3.8, 4) is 5.75 Å². The van der Waals surface area contributed by atoms with E-state index in [4.69, 9.17) is 4.74 Å². The standard InChI is InChI=1S/C24H23FN2O3/c1-30-21-13-9-18(10-14-21)22(15-17-7-11-20(25)12-8-17)27-23(28)16-26-24(29)19-5-3-2-4-6-19/h2-14,22H,15-16H2,1H3,(H,26,29)(H,27,28). The Morgan fingerprint density at radius 1 is 0.933 bits per heavy atom. The van der Waals surface area contributed by atoms with Crippen molar-refractivity contribution >= 4 is 11.8 Å². The molecule has 0 radical (unpaired) electrons. The van der Waals surface area contributed by atoms with Crippen molar-refractivity contribution in [2.45, 2.75) is 12.5 Å². The number of benzene rings is 3. The van der Waals surface area contributed by atoms with Crippen molar-refractivity contribution < 1.29 is 18.7 Å². The molecule has 1 atom stereocenters. The summed E-state index contributed by atoms with van der Waals surface area (Å²) in [6.07, 6.45) is 0.477. The van der Waals surface area contributed by atoms with Crippen LogP contribution >= 0.6 is 0 Å². The predicted molar refractivity (Wildman–Crippen MR) is 113 cm³/mol. The van der Waals surface area contributed by atoms with Crippen LogP contribution < -0.4 is 15.4 Å². The van der Waals surface area contributed by atoms with Gasteiger partial charge in [0.1, 0.15) is 11.6 Å². The minimum atomic E-state index is -0.345. The Balaban J connectivity index is 1.68. The summed E-state index contributed by atoms with van der Waals surface area (Å²) in [6.45, 7) is -0.149. The lowest BCUT2D eigenvalue weighted by Crippen LogP contribution is -2.39. The minimum Gasteiger partial charge on any atom is -0.497 e. The second kappa shape index (κ2) is 10.2. The number of nitrogens with one attached hydrogen (secondary N) is 2. The van der Waals surface area contributed by atoms with E-state index in [-0.39, 0.29) is 30.2 Å². The van der Waals surface area contributed by atoms with Gasteiger partial charge in [-0.25, -0.2) is 4.39 Å². The molecule has 0 aliphatic carbocycles. The fourth-order valence-corrected chi connectivity index (χ4v) is 3.04. The molecule has 0 aliphatic rings. The first-order valence-corrected chi connectivity index (χ1v) is 9.56. The maximum atomic E-state index is 13.2. The number of methoxy groups -OCH3 is 1. The third kappa shape index (κ3) is 5.91. The van der Waals surface area contributed by atoms with Crippen LogP contribution in [0.4, 0.5) is 4.39 Å². The van der Waals surface area contributed by atoms with Crippen molar-refractivity contribution in [1.29, 1.82) is 0 Å². The van der Waals surface area contributed by atoms with Crippen LogP contribution in [0.3, 0.4) is 0 Å². The molecule has 1 unspecified atom stereocenters. The largest absolute Gasteiger partial charge is 0.497 e. The Labute approximate surface area is 174 Å². The van der Waals surface area contributed by atoms with Crippen molar-refractivity contribution in [2.24, 2.45) is 0 Å². The fraction of sp³-hybridized carbons (Fsp3) is 0.167. The molecule has 154 valence electrons. The normalized spacial score (nSPS) is 11.4. The molecule has 0 heterocycles. The smallest absolute Gasteiger partial charge is 0.251 e. The van der Waals surface area contributed by atoms with Gasteiger partial charge in [0.15, 0.2) is 0 Å². The average molecular weight is 406 g/mol. The van der Waals surface area contributed by atoms with Gasteiger partial charge in [-0.15, -0.1) is 0 Å². The molecule has 6 heteroatoms. The molecule has 5 nitrogen and oxygen atoms in total. The van der Waals surface area contributed by atoms with E-state index in [1.165, 1.54) is 12.1 Å². The molecule has 3 aromatic carbocycles. The SMILES string of the molecule is COc1ccc(C(Cc2ccc(F)cc2)NC(=O)CNC(=O)c2ccccc2)cc1. The first-order valence-electron chi connectivity index (χ1n) is 9.56. The van der Waals surface area contributed by atoms with Gasteiger partial charge in [0.05, 0.1) is 19.7 Å². The number of carbonyl (C=O) groups excluding carboxylic acids is 2. The van der Waals surface area contributed by atoms with E-state index in [0.29, 0.717) is 17.7 Å². The summed E-state index contributed by atoms with van der Waals surface area (Å²) in [5.74, 6) is -0.236. The third-order valence-corrected chi connectivity index (χ3v) is 4.65. The number of ether oxygens (including phenoxy) is 1. The summed E-state index contributed by atoms with van der Waals surface area (Å²) in [5, 5.41) is 5.58. The monoisotopic (exact) mass is 406 g/mol. The Hall–Kier alpha value is -3.67. The molecule has 0 spiro atoms. The van der Waals surface area contributed by atoms with Gasteiger partial charge in [0, 0.05) is 5.56 Å². The molecule has 0 bridgehead atoms. The maximum Gasteiger partial charge on any atom is 0.251 e. The van der Waals surface area contributed by atoms with Crippen LogP contribution in [0, 0.1) is 5.82 Å². The highest BCUT2D eigenvalue weighted by atomic mass is 19.1. The summed E-state index contributed by atoms with van der Waals surface area (Å²) in [6, 6.07) is 21.9. The van der Waals surface area contributed by atoms with Gasteiger partial charge in [-0.1, -0.05) is 42.5 Å². The van der Waals surface area contributed by atoms with Crippen LogP contribution in [-0.2, 0) is 11.2 Å². The van der Waals surface area contributed by atoms with Gasteiger partial charge >= 0.3 is 0 Å². The molecule has 0 aliphatic heterocycles. The van der Waals surface area contributed by atoms with E-state index in [2.05, 4.69) is 10.6 Å². The van der Waals surface area contributed by atoms with Gasteiger partial charge in [0.2, 0.25) is 5.91 Å². The number of amides is 2. The van der Waals surface area contributed by atoms with Crippen LogP contribution in [0.15, 0.2) is 78.9 Å². The maximum absolute atomic E-state index is 13.2. The Morgan fingerprint density at radius 2 is 1.60 bits per heavy atom. The Kier molecular flexibility index (Phi) is 7.16. The lowest BCUT2D eigenvalue weighted by Gasteiger charge is -2.20. The molecule has 3 rings (SSSR count). The van der Waals surface area contributed by atoms with E-state index < -0.39 is 0 Å². The molecular formula is C24H23FN2O3. The highest BCUT2D eigenvalue weighted by Crippen LogP contribution is 2.21. The summed E-state index contributed by atoms with van der Waals surface area (Å²) in [5.41, 5.74) is 2.25. The first-order chi connectivity index (χ1) is 14.5. The minimum absolute atomic E-state index is 0.149. The molecule has 0 aromatic heterocycles. The highest BCUT2D eigenvalue weighted by molar-refractivity contribution is 5.96. The Bertz CT molecular complexity index is 974. The van der Waals surface area contributed by atoms with Gasteiger partial charge < -0.3 is 15.4 Å². The molecular weight excluding hydrogens is 383 g/mol. The summed E-state index contributed by atoms with van der Waals surface area (Å²) in [7, 11) is 1.59. The number of rotatable bonds is 8. The zero-order valence-corrected chi connectivity index (χ0v) is 16.6. The molecule has 0 saturated carbocycles. The number of hydrogen-bond acceptors (Lipinski definition) is 3. The molecule has 30 heavy (non-hydrogen) atoms. The summed E-state index contributed by atoms with van der Waals surface area (Å²) < 4.78 is 18.4. The number of hydrogen-bond donors (Lipinski definition) is 2. The van der Waals surface area contributed by atoms with Crippen molar-refractivity contribution in [1.82, 2.24) is 10.6 Å². The van der Waals surface area contributed by atoms with E-state index >= 15 is 0 Å². The number of halogens is 1. The lowest BCUT2D eigenvalue weighted by atomic mass is 9.98. The first kappa shape index (κ1) is 21.0. The van der Waals surface area contributed by atoms with Crippen LogP contribution in [0.5, 0.6) is 5.75 Å². The molecule has 3 aromatic rings. The van der Waals surface area contributed by atoms with Gasteiger partial charge in [0.25, 0.3) is 5.91 Å². The third-order valence-electron chi connectivity index (χ3n) is 4.65. The summed E-state index contributed by atoms with van der Waals surface area (Å²) in [4.78, 5) is 24.7. The van der Waals surface area contributed by atoms with Gasteiger partial charge in [-0.2, -0.15) is 0 Å². The van der Waals surface area contributed by atoms with E-state index in [0.717, 1.165) is 11.1 Å². The average Bonchev–Trinajstić information content (AvgIpc) is 2.79. The second-order valence-electron chi connectivity index (χ2n) is 6.77. The Morgan fingerprint density at radius 3 is 2.23 bits per heavy atom. The van der Waals surface area contributed by atoms with Crippen molar-refractivity contribution in [2.75, 3.05) is 13.7 Å². The molecule has 2 amide bonds. The molecule has 0 saturated heterocycles. The van der Waals surface area contributed by atoms with Crippen molar-refractivity contribution in [3.63, 3.8) is 0 Å². The quantitative estimate of drug-likeness (QED) is 0.600. The molecule has 0 fully saturated rings. The van der Waals surface area contributed by atoms with Crippen LogP contribution in [0.1, 0.15) is 27.5 Å². The van der Waals surface area contributed by atoms with E-state index in [1.807, 2.05) is 30.3 Å². The zero-order chi connectivity index (χ0) is 21.3. The molecule has 2 N–H and O–H groups in total. The van der Waals surface area contributed by atoms with Gasteiger partial charge in [-0.05, 0) is 53.9 Å². The van der Waals surface area contributed by atoms with Crippen LogP contribution in [-0.4, -0.2) is 25.5 Å². The highest BCUT2D eigenvalue weighted by Gasteiger charge is 2.17. The van der Waals surface area contributed by atoms with Crippen LogP contribution in [0.2, 0.25) is 0 Å².